The molecule has 2 heteroatoms. The first-order valence-corrected chi connectivity index (χ1v) is 4.02. The van der Waals surface area contributed by atoms with Crippen LogP contribution in [-0.2, 0) is 0 Å². The first-order chi connectivity index (χ1) is 5.07. The summed E-state index contributed by atoms with van der Waals surface area (Å²) in [6, 6.07) is 0. The van der Waals surface area contributed by atoms with E-state index < -0.39 is 6.10 Å². The van der Waals surface area contributed by atoms with Gasteiger partial charge in [0, 0.05) is 12.5 Å². The van der Waals surface area contributed by atoms with Crippen LogP contribution < -0.4 is 0 Å². The molecule has 0 bridgehead atoms. The average Bonchev–Trinajstić information content (AvgIpc) is 1.86. The van der Waals surface area contributed by atoms with E-state index in [-0.39, 0.29) is 12.5 Å². The van der Waals surface area contributed by atoms with Crippen LogP contribution in [0.1, 0.15) is 27.2 Å². The zero-order valence-corrected chi connectivity index (χ0v) is 7.54. The molecule has 66 valence electrons. The normalized spacial score (nSPS) is 15.7. The topological polar surface area (TPSA) is 40.5 Å². The zero-order chi connectivity index (χ0) is 8.85. The van der Waals surface area contributed by atoms with Gasteiger partial charge in [-0.05, 0) is 20.3 Å². The van der Waals surface area contributed by atoms with Gasteiger partial charge in [0.25, 0.3) is 0 Å². The van der Waals surface area contributed by atoms with Crippen molar-refractivity contribution >= 4 is 0 Å². The van der Waals surface area contributed by atoms with E-state index in [9.17, 15) is 5.11 Å². The Morgan fingerprint density at radius 2 is 2.00 bits per heavy atom. The van der Waals surface area contributed by atoms with Gasteiger partial charge in [-0.15, -0.1) is 0 Å². The van der Waals surface area contributed by atoms with Crippen molar-refractivity contribution in [2.45, 2.75) is 33.3 Å². The predicted molar refractivity (Wildman–Crippen MR) is 46.3 cm³/mol. The molecule has 0 aliphatic carbocycles. The van der Waals surface area contributed by atoms with Gasteiger partial charge in [0.05, 0.1) is 6.10 Å². The van der Waals surface area contributed by atoms with Gasteiger partial charge in [-0.1, -0.05) is 18.6 Å². The lowest BCUT2D eigenvalue weighted by Crippen LogP contribution is -2.17. The van der Waals surface area contributed by atoms with Gasteiger partial charge in [-0.25, -0.2) is 0 Å². The molecule has 2 unspecified atom stereocenters. The molecule has 0 amide bonds. The van der Waals surface area contributed by atoms with Crippen LogP contribution in [-0.4, -0.2) is 22.9 Å². The average molecular weight is 158 g/mol. The third-order valence-electron chi connectivity index (χ3n) is 1.63. The Morgan fingerprint density at radius 1 is 1.45 bits per heavy atom. The maximum absolute atomic E-state index is 9.36. The molecular formula is C9H18O2. The van der Waals surface area contributed by atoms with E-state index >= 15 is 0 Å². The summed E-state index contributed by atoms with van der Waals surface area (Å²) in [6.07, 6.45) is 2.07. The fraction of sp³-hybridized carbons (Fsp3) is 0.778. The van der Waals surface area contributed by atoms with Gasteiger partial charge in [-0.2, -0.15) is 0 Å². The molecule has 0 aromatic heterocycles. The molecule has 0 aromatic rings. The van der Waals surface area contributed by atoms with E-state index in [0.29, 0.717) is 6.42 Å². The van der Waals surface area contributed by atoms with Crippen LogP contribution in [0.4, 0.5) is 0 Å². The zero-order valence-electron chi connectivity index (χ0n) is 7.54. The molecule has 2 atom stereocenters. The number of aliphatic hydroxyl groups is 2. The highest BCUT2D eigenvalue weighted by atomic mass is 16.3. The first-order valence-electron chi connectivity index (χ1n) is 4.02. The summed E-state index contributed by atoms with van der Waals surface area (Å²) in [7, 11) is 0. The smallest absolute Gasteiger partial charge is 0.0622 e. The molecular weight excluding hydrogens is 140 g/mol. The highest BCUT2D eigenvalue weighted by molar-refractivity contribution is 4.97. The van der Waals surface area contributed by atoms with Crippen LogP contribution in [0.2, 0.25) is 0 Å². The van der Waals surface area contributed by atoms with Crippen molar-refractivity contribution in [3.05, 3.63) is 11.6 Å². The molecule has 0 fully saturated rings. The Hall–Kier alpha value is -0.340. The molecule has 0 spiro atoms. The highest BCUT2D eigenvalue weighted by Crippen LogP contribution is 2.10. The van der Waals surface area contributed by atoms with Crippen molar-refractivity contribution in [3.63, 3.8) is 0 Å². The Balaban J connectivity index is 3.82. The second-order valence-electron chi connectivity index (χ2n) is 3.18. The third kappa shape index (κ3) is 4.99. The molecule has 0 aromatic carbocycles. The van der Waals surface area contributed by atoms with E-state index in [4.69, 9.17) is 5.11 Å². The molecule has 0 saturated heterocycles. The first kappa shape index (κ1) is 10.7. The van der Waals surface area contributed by atoms with E-state index in [1.54, 1.807) is 0 Å². The Labute approximate surface area is 68.6 Å². The lowest BCUT2D eigenvalue weighted by atomic mass is 10.00. The van der Waals surface area contributed by atoms with Gasteiger partial charge >= 0.3 is 0 Å². The Morgan fingerprint density at radius 3 is 2.36 bits per heavy atom. The maximum Gasteiger partial charge on any atom is 0.0622 e. The summed E-state index contributed by atoms with van der Waals surface area (Å²) in [6.45, 7) is 6.01. The molecule has 2 N–H and O–H groups in total. The maximum atomic E-state index is 9.36. The molecule has 0 aliphatic heterocycles. The lowest BCUT2D eigenvalue weighted by molar-refractivity contribution is 0.103. The Bertz CT molecular complexity index is 126. The van der Waals surface area contributed by atoms with Crippen LogP contribution in [0.15, 0.2) is 11.6 Å². The molecule has 0 saturated carbocycles. The summed E-state index contributed by atoms with van der Waals surface area (Å²) in [5, 5.41) is 17.9. The van der Waals surface area contributed by atoms with Crippen LogP contribution >= 0.6 is 0 Å². The SMILES string of the molecule is CC(C)=CC(C)C(O)CCO. The minimum absolute atomic E-state index is 0.0576. The molecule has 11 heavy (non-hydrogen) atoms. The van der Waals surface area contributed by atoms with Crippen molar-refractivity contribution < 1.29 is 10.2 Å². The van der Waals surface area contributed by atoms with E-state index in [2.05, 4.69) is 0 Å². The fourth-order valence-electron chi connectivity index (χ4n) is 1.03. The van der Waals surface area contributed by atoms with Crippen molar-refractivity contribution in [1.82, 2.24) is 0 Å². The van der Waals surface area contributed by atoms with Crippen molar-refractivity contribution in [3.8, 4) is 0 Å². The second kappa shape index (κ2) is 5.33. The van der Waals surface area contributed by atoms with Crippen LogP contribution in [0.3, 0.4) is 0 Å². The van der Waals surface area contributed by atoms with E-state index in [1.165, 1.54) is 5.57 Å². The van der Waals surface area contributed by atoms with Crippen molar-refractivity contribution in [2.24, 2.45) is 5.92 Å². The van der Waals surface area contributed by atoms with Crippen molar-refractivity contribution in [2.75, 3.05) is 6.61 Å². The standard InChI is InChI=1S/C9H18O2/c1-7(2)6-8(3)9(11)4-5-10/h6,8-11H,4-5H2,1-3H3. The van der Waals surface area contributed by atoms with Gasteiger partial charge in [-0.3, -0.25) is 0 Å². The third-order valence-corrected chi connectivity index (χ3v) is 1.63. The number of hydrogen-bond acceptors (Lipinski definition) is 2. The molecule has 2 nitrogen and oxygen atoms in total. The van der Waals surface area contributed by atoms with Crippen molar-refractivity contribution in [1.29, 1.82) is 0 Å². The minimum atomic E-state index is -0.408. The highest BCUT2D eigenvalue weighted by Gasteiger charge is 2.09. The largest absolute Gasteiger partial charge is 0.396 e. The minimum Gasteiger partial charge on any atom is -0.396 e. The number of allylic oxidation sites excluding steroid dienone is 1. The summed E-state index contributed by atoms with van der Waals surface area (Å²) < 4.78 is 0. The number of rotatable bonds is 4. The summed E-state index contributed by atoms with van der Waals surface area (Å²) in [5.74, 6) is 0.146. The fourth-order valence-corrected chi connectivity index (χ4v) is 1.03. The number of hydrogen-bond donors (Lipinski definition) is 2. The van der Waals surface area contributed by atoms with Gasteiger partial charge in [0.2, 0.25) is 0 Å². The molecule has 0 heterocycles. The summed E-state index contributed by atoms with van der Waals surface area (Å²) in [5.41, 5.74) is 1.20. The molecule has 0 rings (SSSR count). The monoisotopic (exact) mass is 158 g/mol. The molecule has 0 radical (unpaired) electrons. The van der Waals surface area contributed by atoms with E-state index in [0.717, 1.165) is 0 Å². The Kier molecular flexibility index (Phi) is 5.16. The summed E-state index contributed by atoms with van der Waals surface area (Å²) >= 11 is 0. The van der Waals surface area contributed by atoms with E-state index in [1.807, 2.05) is 26.8 Å². The summed E-state index contributed by atoms with van der Waals surface area (Å²) in [4.78, 5) is 0. The quantitative estimate of drug-likeness (QED) is 0.606. The molecule has 0 aliphatic rings. The lowest BCUT2D eigenvalue weighted by Gasteiger charge is -2.14. The predicted octanol–water partition coefficient (Wildman–Crippen LogP) is 1.33. The van der Waals surface area contributed by atoms with Gasteiger partial charge in [0.15, 0.2) is 0 Å². The van der Waals surface area contributed by atoms with Gasteiger partial charge < -0.3 is 10.2 Å². The number of aliphatic hydroxyl groups excluding tert-OH is 2. The van der Waals surface area contributed by atoms with Crippen LogP contribution in [0.5, 0.6) is 0 Å². The second-order valence-corrected chi connectivity index (χ2v) is 3.18. The van der Waals surface area contributed by atoms with Crippen LogP contribution in [0.25, 0.3) is 0 Å². The van der Waals surface area contributed by atoms with Crippen LogP contribution in [0, 0.1) is 5.92 Å². The van der Waals surface area contributed by atoms with Gasteiger partial charge in [0.1, 0.15) is 0 Å².